The average molecular weight is 355 g/mol. The fourth-order valence-corrected chi connectivity index (χ4v) is 2.88. The van der Waals surface area contributed by atoms with Crippen LogP contribution >= 0.6 is 0 Å². The summed E-state index contributed by atoms with van der Waals surface area (Å²) in [5.74, 6) is 1.40. The average Bonchev–Trinajstić information content (AvgIpc) is 2.60. The van der Waals surface area contributed by atoms with Gasteiger partial charge in [0.05, 0.1) is 11.0 Å². The second-order valence-electron chi connectivity index (χ2n) is 8.65. The molecule has 0 saturated heterocycles. The maximum Gasteiger partial charge on any atom is 0.209 e. The van der Waals surface area contributed by atoms with Gasteiger partial charge in [0.15, 0.2) is 0 Å². The van der Waals surface area contributed by atoms with E-state index >= 15 is 0 Å². The molecule has 0 aromatic heterocycles. The second kappa shape index (κ2) is 8.26. The van der Waals surface area contributed by atoms with Gasteiger partial charge in [-0.25, -0.2) is 0 Å². The first kappa shape index (κ1) is 20.5. The zero-order valence-electron chi connectivity index (χ0n) is 17.4. The summed E-state index contributed by atoms with van der Waals surface area (Å²) in [6.45, 7) is 15.0. The molecule has 0 aliphatic carbocycles. The summed E-state index contributed by atoms with van der Waals surface area (Å²) in [5.41, 5.74) is 1.96. The molecule has 0 aliphatic heterocycles. The van der Waals surface area contributed by atoms with Crippen molar-refractivity contribution in [3.8, 4) is 5.75 Å². The number of rotatable bonds is 7. The first-order valence-electron chi connectivity index (χ1n) is 9.63. The quantitative estimate of drug-likeness (QED) is 0.515. The highest BCUT2D eigenvalue weighted by Gasteiger charge is 2.37. The minimum absolute atomic E-state index is 0.288. The molecule has 2 heteroatoms. The summed E-state index contributed by atoms with van der Waals surface area (Å²) in [5, 5.41) is 0. The van der Waals surface area contributed by atoms with Gasteiger partial charge in [0, 0.05) is 0 Å². The van der Waals surface area contributed by atoms with Crippen LogP contribution in [0.25, 0.3) is 0 Å². The van der Waals surface area contributed by atoms with Crippen molar-refractivity contribution in [3.63, 3.8) is 0 Å². The molecule has 0 saturated carbocycles. The highest BCUT2D eigenvalue weighted by atomic mass is 16.7. The fraction of sp³-hybridized carbons (Fsp3) is 0.500. The SMILES string of the molecule is CCC(C)c1ccc(OC(OC(C)(C)C)C(C)(C)c2ccccc2)cc1. The van der Waals surface area contributed by atoms with Crippen LogP contribution in [-0.4, -0.2) is 11.9 Å². The van der Waals surface area contributed by atoms with E-state index in [1.807, 2.05) is 6.07 Å². The molecule has 2 aromatic rings. The highest BCUT2D eigenvalue weighted by molar-refractivity contribution is 5.30. The van der Waals surface area contributed by atoms with Crippen LogP contribution in [0.1, 0.15) is 71.9 Å². The van der Waals surface area contributed by atoms with Crippen molar-refractivity contribution in [1.82, 2.24) is 0 Å². The summed E-state index contributed by atoms with van der Waals surface area (Å²) < 4.78 is 12.7. The first-order chi connectivity index (χ1) is 12.1. The molecule has 2 nitrogen and oxygen atoms in total. The molecule has 26 heavy (non-hydrogen) atoms. The van der Waals surface area contributed by atoms with Crippen LogP contribution in [-0.2, 0) is 10.2 Å². The van der Waals surface area contributed by atoms with Gasteiger partial charge in [-0.05, 0) is 70.2 Å². The summed E-state index contributed by atoms with van der Waals surface area (Å²) >= 11 is 0. The van der Waals surface area contributed by atoms with E-state index in [1.165, 1.54) is 11.1 Å². The standard InChI is InChI=1S/C24H34O2/c1-8-18(2)19-14-16-21(17-15-19)25-22(26-23(3,4)5)24(6,7)20-12-10-9-11-13-20/h9-18,22H,8H2,1-7H3. The normalized spacial score (nSPS) is 14.7. The molecule has 142 valence electrons. The van der Waals surface area contributed by atoms with E-state index in [4.69, 9.17) is 9.47 Å². The maximum atomic E-state index is 6.36. The van der Waals surface area contributed by atoms with Gasteiger partial charge in [-0.3, -0.25) is 0 Å². The van der Waals surface area contributed by atoms with Gasteiger partial charge >= 0.3 is 0 Å². The lowest BCUT2D eigenvalue weighted by Gasteiger charge is -2.38. The van der Waals surface area contributed by atoms with Crippen LogP contribution in [0.4, 0.5) is 0 Å². The topological polar surface area (TPSA) is 18.5 Å². The van der Waals surface area contributed by atoms with Crippen LogP contribution in [0.3, 0.4) is 0 Å². The zero-order chi connectivity index (χ0) is 19.4. The molecule has 0 spiro atoms. The Bertz CT molecular complexity index is 666. The molecule has 0 aliphatic rings. The van der Waals surface area contributed by atoms with E-state index in [0.29, 0.717) is 5.92 Å². The van der Waals surface area contributed by atoms with Gasteiger partial charge in [-0.2, -0.15) is 0 Å². The Balaban J connectivity index is 2.28. The molecule has 2 unspecified atom stereocenters. The zero-order valence-corrected chi connectivity index (χ0v) is 17.4. The Kier molecular flexibility index (Phi) is 6.52. The van der Waals surface area contributed by atoms with Gasteiger partial charge in [0.1, 0.15) is 5.75 Å². The third kappa shape index (κ3) is 5.35. The third-order valence-electron chi connectivity index (χ3n) is 4.87. The predicted octanol–water partition coefficient (Wildman–Crippen LogP) is 6.70. The van der Waals surface area contributed by atoms with Crippen molar-refractivity contribution in [1.29, 1.82) is 0 Å². The lowest BCUT2D eigenvalue weighted by atomic mass is 9.83. The summed E-state index contributed by atoms with van der Waals surface area (Å²) in [6.07, 6.45) is 0.746. The first-order valence-corrected chi connectivity index (χ1v) is 9.63. The molecule has 0 fully saturated rings. The number of hydrogen-bond acceptors (Lipinski definition) is 2. The van der Waals surface area contributed by atoms with Gasteiger partial charge in [-0.1, -0.05) is 56.3 Å². The molecular weight excluding hydrogens is 320 g/mol. The predicted molar refractivity (Wildman–Crippen MR) is 110 cm³/mol. The van der Waals surface area contributed by atoms with Crippen LogP contribution in [0.15, 0.2) is 54.6 Å². The third-order valence-corrected chi connectivity index (χ3v) is 4.87. The Morgan fingerprint density at radius 1 is 0.846 bits per heavy atom. The maximum absolute atomic E-state index is 6.36. The van der Waals surface area contributed by atoms with Gasteiger partial charge < -0.3 is 9.47 Å². The van der Waals surface area contributed by atoms with Crippen LogP contribution < -0.4 is 4.74 Å². The molecule has 2 atom stereocenters. The molecule has 0 amide bonds. The molecule has 2 rings (SSSR count). The summed E-state index contributed by atoms with van der Waals surface area (Å²) in [7, 11) is 0. The molecule has 0 heterocycles. The fourth-order valence-electron chi connectivity index (χ4n) is 2.88. The minimum atomic E-state index is -0.389. The van der Waals surface area contributed by atoms with Crippen molar-refractivity contribution in [2.45, 2.75) is 78.1 Å². The largest absolute Gasteiger partial charge is 0.464 e. The number of ether oxygens (including phenoxy) is 2. The van der Waals surface area contributed by atoms with E-state index < -0.39 is 0 Å². The monoisotopic (exact) mass is 354 g/mol. The lowest BCUT2D eigenvalue weighted by Crippen LogP contribution is -2.44. The summed E-state index contributed by atoms with van der Waals surface area (Å²) in [4.78, 5) is 0. The van der Waals surface area contributed by atoms with Gasteiger partial charge in [0.2, 0.25) is 6.29 Å². The van der Waals surface area contributed by atoms with Crippen LogP contribution in [0, 0.1) is 0 Å². The molecule has 0 N–H and O–H groups in total. The van der Waals surface area contributed by atoms with Crippen LogP contribution in [0.2, 0.25) is 0 Å². The smallest absolute Gasteiger partial charge is 0.209 e. The van der Waals surface area contributed by atoms with E-state index in [-0.39, 0.29) is 17.3 Å². The van der Waals surface area contributed by atoms with Crippen molar-refractivity contribution < 1.29 is 9.47 Å². The van der Waals surface area contributed by atoms with Crippen molar-refractivity contribution in [2.75, 3.05) is 0 Å². The molecular formula is C24H34O2. The number of benzene rings is 2. The second-order valence-corrected chi connectivity index (χ2v) is 8.65. The number of hydrogen-bond donors (Lipinski definition) is 0. The minimum Gasteiger partial charge on any atom is -0.464 e. The van der Waals surface area contributed by atoms with E-state index in [9.17, 15) is 0 Å². The van der Waals surface area contributed by atoms with E-state index in [2.05, 4.69) is 97.0 Å². The Labute approximate surface area is 159 Å². The Morgan fingerprint density at radius 2 is 1.42 bits per heavy atom. The Hall–Kier alpha value is -1.80. The van der Waals surface area contributed by atoms with Crippen molar-refractivity contribution >= 4 is 0 Å². The van der Waals surface area contributed by atoms with E-state index in [1.54, 1.807) is 0 Å². The highest BCUT2D eigenvalue weighted by Crippen LogP contribution is 2.33. The van der Waals surface area contributed by atoms with Crippen molar-refractivity contribution in [2.24, 2.45) is 0 Å². The van der Waals surface area contributed by atoms with Crippen LogP contribution in [0.5, 0.6) is 5.75 Å². The van der Waals surface area contributed by atoms with Crippen molar-refractivity contribution in [3.05, 3.63) is 65.7 Å². The lowest BCUT2D eigenvalue weighted by molar-refractivity contribution is -0.180. The molecule has 0 bridgehead atoms. The summed E-state index contributed by atoms with van der Waals surface area (Å²) in [6, 6.07) is 18.9. The molecule has 0 radical (unpaired) electrons. The Morgan fingerprint density at radius 3 is 1.92 bits per heavy atom. The van der Waals surface area contributed by atoms with Gasteiger partial charge in [0.25, 0.3) is 0 Å². The van der Waals surface area contributed by atoms with Gasteiger partial charge in [-0.15, -0.1) is 0 Å². The molecule has 2 aromatic carbocycles. The van der Waals surface area contributed by atoms with E-state index in [0.717, 1.165) is 12.2 Å².